The van der Waals surface area contributed by atoms with Crippen molar-refractivity contribution in [3.63, 3.8) is 0 Å². The average molecular weight is 287 g/mol. The number of aryl methyl sites for hydroxylation is 1. The van der Waals surface area contributed by atoms with Crippen LogP contribution in [0.15, 0.2) is 18.2 Å². The van der Waals surface area contributed by atoms with Crippen molar-refractivity contribution >= 4 is 16.9 Å². The normalized spacial score (nSPS) is 21.2. The van der Waals surface area contributed by atoms with Gasteiger partial charge in [-0.3, -0.25) is 4.79 Å². The first-order valence-corrected chi connectivity index (χ1v) is 7.50. The van der Waals surface area contributed by atoms with Gasteiger partial charge in [-0.05, 0) is 49.4 Å². The lowest BCUT2D eigenvalue weighted by atomic mass is 9.69. The lowest BCUT2D eigenvalue weighted by molar-refractivity contribution is -0.138. The highest BCUT2D eigenvalue weighted by atomic mass is 16.5. The fourth-order valence-corrected chi connectivity index (χ4v) is 3.74. The number of benzene rings is 1. The van der Waals surface area contributed by atoms with Crippen LogP contribution in [0, 0.1) is 0 Å². The van der Waals surface area contributed by atoms with Gasteiger partial charge in [-0.1, -0.05) is 6.92 Å². The van der Waals surface area contributed by atoms with E-state index >= 15 is 0 Å². The van der Waals surface area contributed by atoms with E-state index in [2.05, 4.69) is 18.0 Å². The largest absolute Gasteiger partial charge is 0.497 e. The molecule has 1 aliphatic carbocycles. The molecule has 0 bridgehead atoms. The number of hydrogen-bond acceptors (Lipinski definition) is 2. The van der Waals surface area contributed by atoms with E-state index < -0.39 is 5.97 Å². The molecule has 0 radical (unpaired) electrons. The molecule has 0 amide bonds. The first-order valence-electron chi connectivity index (χ1n) is 7.50. The minimum Gasteiger partial charge on any atom is -0.497 e. The quantitative estimate of drug-likeness (QED) is 0.902. The molecule has 1 aliphatic rings. The molecule has 1 aromatic heterocycles. The maximum atomic E-state index is 11.3. The van der Waals surface area contributed by atoms with E-state index in [0.717, 1.165) is 42.6 Å². The summed E-state index contributed by atoms with van der Waals surface area (Å²) in [5.74, 6) is 0.121. The number of ether oxygens (including phenoxy) is 1. The van der Waals surface area contributed by atoms with Gasteiger partial charge >= 0.3 is 5.97 Å². The van der Waals surface area contributed by atoms with Crippen LogP contribution >= 0.6 is 0 Å². The summed E-state index contributed by atoms with van der Waals surface area (Å²) in [4.78, 5) is 14.8. The van der Waals surface area contributed by atoms with Crippen molar-refractivity contribution in [1.82, 2.24) is 4.98 Å². The fourth-order valence-electron chi connectivity index (χ4n) is 3.74. The highest BCUT2D eigenvalue weighted by Gasteiger charge is 2.39. The number of carboxylic acids is 1. The van der Waals surface area contributed by atoms with Gasteiger partial charge in [0.15, 0.2) is 0 Å². The monoisotopic (exact) mass is 287 g/mol. The van der Waals surface area contributed by atoms with Gasteiger partial charge in [-0.2, -0.15) is 0 Å². The molecule has 0 saturated heterocycles. The number of H-pyrrole nitrogens is 1. The van der Waals surface area contributed by atoms with Crippen LogP contribution in [0.1, 0.15) is 43.9 Å². The number of methoxy groups -OCH3 is 1. The van der Waals surface area contributed by atoms with Crippen molar-refractivity contribution in [2.24, 2.45) is 0 Å². The second-order valence-corrected chi connectivity index (χ2v) is 5.95. The molecule has 0 spiro atoms. The molecule has 2 aromatic rings. The van der Waals surface area contributed by atoms with Crippen LogP contribution in [0.2, 0.25) is 0 Å². The van der Waals surface area contributed by atoms with Crippen molar-refractivity contribution in [2.45, 2.75) is 44.4 Å². The average Bonchev–Trinajstić information content (AvgIpc) is 2.86. The third-order valence-electron chi connectivity index (χ3n) is 4.89. The Hall–Kier alpha value is -1.97. The predicted molar refractivity (Wildman–Crippen MR) is 82.0 cm³/mol. The van der Waals surface area contributed by atoms with E-state index in [9.17, 15) is 9.90 Å². The maximum absolute atomic E-state index is 11.3. The SMILES string of the molecule is CC[C@@]1(CC(=O)O)CCCc2c1[nH]c1ccc(OC)cc21. The van der Waals surface area contributed by atoms with Crippen LogP contribution in [-0.2, 0) is 16.6 Å². The summed E-state index contributed by atoms with van der Waals surface area (Å²) in [5, 5.41) is 10.5. The highest BCUT2D eigenvalue weighted by Crippen LogP contribution is 2.45. The van der Waals surface area contributed by atoms with Gasteiger partial charge in [0.25, 0.3) is 0 Å². The van der Waals surface area contributed by atoms with Crippen LogP contribution in [-0.4, -0.2) is 23.2 Å². The molecule has 21 heavy (non-hydrogen) atoms. The van der Waals surface area contributed by atoms with Crippen LogP contribution in [0.4, 0.5) is 0 Å². The van der Waals surface area contributed by atoms with Crippen LogP contribution < -0.4 is 4.74 Å². The number of aliphatic carboxylic acids is 1. The molecule has 0 aliphatic heterocycles. The number of rotatable bonds is 4. The molecule has 112 valence electrons. The van der Waals surface area contributed by atoms with Gasteiger partial charge < -0.3 is 14.8 Å². The van der Waals surface area contributed by atoms with E-state index in [-0.39, 0.29) is 11.8 Å². The Labute approximate surface area is 124 Å². The van der Waals surface area contributed by atoms with Gasteiger partial charge in [-0.15, -0.1) is 0 Å². The Morgan fingerprint density at radius 3 is 2.95 bits per heavy atom. The van der Waals surface area contributed by atoms with Crippen molar-refractivity contribution < 1.29 is 14.6 Å². The predicted octanol–water partition coefficient (Wildman–Crippen LogP) is 3.64. The van der Waals surface area contributed by atoms with E-state index in [1.54, 1.807) is 7.11 Å². The summed E-state index contributed by atoms with van der Waals surface area (Å²) in [6, 6.07) is 6.01. The summed E-state index contributed by atoms with van der Waals surface area (Å²) >= 11 is 0. The Morgan fingerprint density at radius 2 is 2.29 bits per heavy atom. The Bertz CT molecular complexity index is 689. The van der Waals surface area contributed by atoms with Crippen molar-refractivity contribution in [3.05, 3.63) is 29.5 Å². The van der Waals surface area contributed by atoms with Crippen molar-refractivity contribution in [2.75, 3.05) is 7.11 Å². The first-order chi connectivity index (χ1) is 10.1. The molecule has 4 heteroatoms. The molecule has 0 saturated carbocycles. The highest BCUT2D eigenvalue weighted by molar-refractivity contribution is 5.87. The zero-order chi connectivity index (χ0) is 15.0. The molecule has 2 N–H and O–H groups in total. The smallest absolute Gasteiger partial charge is 0.304 e. The van der Waals surface area contributed by atoms with Crippen molar-refractivity contribution in [1.29, 1.82) is 0 Å². The third kappa shape index (κ3) is 2.19. The second kappa shape index (κ2) is 5.10. The number of fused-ring (bicyclic) bond motifs is 3. The lowest BCUT2D eigenvalue weighted by Gasteiger charge is -2.35. The summed E-state index contributed by atoms with van der Waals surface area (Å²) in [6.45, 7) is 2.09. The van der Waals surface area contributed by atoms with Gasteiger partial charge in [0.05, 0.1) is 13.5 Å². The number of aromatic nitrogens is 1. The van der Waals surface area contributed by atoms with Crippen LogP contribution in [0.5, 0.6) is 5.75 Å². The molecule has 0 unspecified atom stereocenters. The number of hydrogen-bond donors (Lipinski definition) is 2. The topological polar surface area (TPSA) is 62.3 Å². The fraction of sp³-hybridized carbons (Fsp3) is 0.471. The molecule has 1 aromatic carbocycles. The Kier molecular flexibility index (Phi) is 3.40. The summed E-state index contributed by atoms with van der Waals surface area (Å²) < 4.78 is 5.32. The molecule has 0 fully saturated rings. The molecule has 1 heterocycles. The molecular formula is C17H21NO3. The standard InChI is InChI=1S/C17H21NO3/c1-3-17(10-15(19)20)8-4-5-12-13-9-11(21-2)6-7-14(13)18-16(12)17/h6-7,9,18H,3-5,8,10H2,1-2H3,(H,19,20)/t17-/m0/s1. The van der Waals surface area contributed by atoms with Crippen molar-refractivity contribution in [3.8, 4) is 5.75 Å². The number of carbonyl (C=O) groups is 1. The Balaban J connectivity index is 2.19. The number of carboxylic acid groups (broad SMARTS) is 1. The molecule has 3 rings (SSSR count). The minimum atomic E-state index is -0.721. The summed E-state index contributed by atoms with van der Waals surface area (Å²) in [7, 11) is 1.67. The summed E-state index contributed by atoms with van der Waals surface area (Å²) in [5.41, 5.74) is 3.22. The zero-order valence-corrected chi connectivity index (χ0v) is 12.5. The van der Waals surface area contributed by atoms with Gasteiger partial charge in [-0.25, -0.2) is 0 Å². The van der Waals surface area contributed by atoms with E-state index in [1.807, 2.05) is 12.1 Å². The van der Waals surface area contributed by atoms with E-state index in [1.165, 1.54) is 10.9 Å². The number of nitrogens with one attached hydrogen (secondary N) is 1. The Morgan fingerprint density at radius 1 is 1.48 bits per heavy atom. The minimum absolute atomic E-state index is 0.195. The van der Waals surface area contributed by atoms with Crippen LogP contribution in [0.25, 0.3) is 10.9 Å². The maximum Gasteiger partial charge on any atom is 0.304 e. The van der Waals surface area contributed by atoms with E-state index in [4.69, 9.17) is 4.74 Å². The molecule has 4 nitrogen and oxygen atoms in total. The molecular weight excluding hydrogens is 266 g/mol. The first kappa shape index (κ1) is 14.0. The summed E-state index contributed by atoms with van der Waals surface area (Å²) in [6.07, 6.45) is 4.02. The lowest BCUT2D eigenvalue weighted by Crippen LogP contribution is -2.33. The second-order valence-electron chi connectivity index (χ2n) is 5.95. The van der Waals surface area contributed by atoms with E-state index in [0.29, 0.717) is 0 Å². The zero-order valence-electron chi connectivity index (χ0n) is 12.5. The van der Waals surface area contributed by atoms with Gasteiger partial charge in [0, 0.05) is 22.0 Å². The van der Waals surface area contributed by atoms with Gasteiger partial charge in [0.2, 0.25) is 0 Å². The number of aromatic amines is 1. The van der Waals surface area contributed by atoms with Crippen LogP contribution in [0.3, 0.4) is 0 Å². The molecule has 1 atom stereocenters. The third-order valence-corrected chi connectivity index (χ3v) is 4.89. The van der Waals surface area contributed by atoms with Gasteiger partial charge in [0.1, 0.15) is 5.75 Å².